The molecule has 2 rings (SSSR count). The van der Waals surface area contributed by atoms with Crippen LogP contribution in [0.1, 0.15) is 44.9 Å². The standard InChI is InChI=1S/C21H30N2O2/c22-18-11-10-12-19(17-18)24-15-8-4-2-1-3-5-9-16-25-21-14-7-6-13-20(21)23/h6-7,10-14,17H,1-5,8-9,15-16,22-23H2. The van der Waals surface area contributed by atoms with Crippen LogP contribution < -0.4 is 20.9 Å². The average molecular weight is 342 g/mol. The number of hydrogen-bond donors (Lipinski definition) is 2. The maximum Gasteiger partial charge on any atom is 0.142 e. The van der Waals surface area contributed by atoms with Gasteiger partial charge in [-0.15, -0.1) is 0 Å². The third-order valence-corrected chi connectivity index (χ3v) is 4.09. The number of nitrogen functional groups attached to an aromatic ring is 2. The summed E-state index contributed by atoms with van der Waals surface area (Å²) in [6.45, 7) is 1.50. The molecule has 25 heavy (non-hydrogen) atoms. The van der Waals surface area contributed by atoms with E-state index in [1.54, 1.807) is 0 Å². The minimum Gasteiger partial charge on any atom is -0.494 e. The van der Waals surface area contributed by atoms with Crippen molar-refractivity contribution in [2.24, 2.45) is 0 Å². The quantitative estimate of drug-likeness (QED) is 0.419. The maximum atomic E-state index is 5.84. The lowest BCUT2D eigenvalue weighted by atomic mass is 10.1. The SMILES string of the molecule is Nc1cccc(OCCCCCCCCCOc2ccccc2N)c1. The zero-order valence-electron chi connectivity index (χ0n) is 15.0. The van der Waals surface area contributed by atoms with Crippen LogP contribution in [0.25, 0.3) is 0 Å². The maximum absolute atomic E-state index is 5.84. The van der Waals surface area contributed by atoms with E-state index < -0.39 is 0 Å². The molecule has 0 aliphatic carbocycles. The number of benzene rings is 2. The minimum atomic E-state index is 0.711. The van der Waals surface area contributed by atoms with Gasteiger partial charge in [-0.05, 0) is 37.1 Å². The fourth-order valence-electron chi connectivity index (χ4n) is 2.68. The molecular formula is C21H30N2O2. The summed E-state index contributed by atoms with van der Waals surface area (Å²) >= 11 is 0. The van der Waals surface area contributed by atoms with Crippen LogP contribution in [0.5, 0.6) is 11.5 Å². The van der Waals surface area contributed by atoms with E-state index in [-0.39, 0.29) is 0 Å². The molecule has 0 atom stereocenters. The zero-order valence-corrected chi connectivity index (χ0v) is 15.0. The molecule has 0 unspecified atom stereocenters. The monoisotopic (exact) mass is 342 g/mol. The number of rotatable bonds is 12. The van der Waals surface area contributed by atoms with Gasteiger partial charge in [0.05, 0.1) is 18.9 Å². The molecule has 2 aromatic carbocycles. The van der Waals surface area contributed by atoms with Crippen LogP contribution in [0, 0.1) is 0 Å². The van der Waals surface area contributed by atoms with Gasteiger partial charge in [-0.3, -0.25) is 0 Å². The van der Waals surface area contributed by atoms with Crippen LogP contribution >= 0.6 is 0 Å². The van der Waals surface area contributed by atoms with Gasteiger partial charge in [0.25, 0.3) is 0 Å². The van der Waals surface area contributed by atoms with Crippen molar-refractivity contribution < 1.29 is 9.47 Å². The zero-order chi connectivity index (χ0) is 17.7. The van der Waals surface area contributed by atoms with Gasteiger partial charge in [0.1, 0.15) is 11.5 Å². The molecule has 0 saturated carbocycles. The molecule has 4 heteroatoms. The molecular weight excluding hydrogens is 312 g/mol. The van der Waals surface area contributed by atoms with Crippen molar-refractivity contribution in [3.05, 3.63) is 48.5 Å². The first-order chi connectivity index (χ1) is 12.3. The Morgan fingerprint density at radius 1 is 0.640 bits per heavy atom. The van der Waals surface area contributed by atoms with E-state index in [1.165, 1.54) is 32.1 Å². The van der Waals surface area contributed by atoms with Crippen molar-refractivity contribution >= 4 is 11.4 Å². The van der Waals surface area contributed by atoms with E-state index in [0.717, 1.165) is 43.2 Å². The summed E-state index contributed by atoms with van der Waals surface area (Å²) < 4.78 is 11.4. The molecule has 2 aromatic rings. The Morgan fingerprint density at radius 3 is 1.96 bits per heavy atom. The number of unbranched alkanes of at least 4 members (excludes halogenated alkanes) is 6. The van der Waals surface area contributed by atoms with Gasteiger partial charge in [-0.2, -0.15) is 0 Å². The van der Waals surface area contributed by atoms with E-state index >= 15 is 0 Å². The van der Waals surface area contributed by atoms with Crippen LogP contribution in [0.3, 0.4) is 0 Å². The van der Waals surface area contributed by atoms with Crippen LogP contribution in [-0.2, 0) is 0 Å². The summed E-state index contributed by atoms with van der Waals surface area (Å²) in [5.41, 5.74) is 13.0. The molecule has 4 N–H and O–H groups in total. The number of hydrogen-bond acceptors (Lipinski definition) is 4. The molecule has 0 saturated heterocycles. The summed E-state index contributed by atoms with van der Waals surface area (Å²) in [5.74, 6) is 1.65. The van der Waals surface area contributed by atoms with Gasteiger partial charge in [0, 0.05) is 11.8 Å². The first-order valence-electron chi connectivity index (χ1n) is 9.21. The normalized spacial score (nSPS) is 10.6. The minimum absolute atomic E-state index is 0.711. The Kier molecular flexibility index (Phi) is 8.53. The third kappa shape index (κ3) is 7.84. The van der Waals surface area contributed by atoms with Crippen LogP contribution in [-0.4, -0.2) is 13.2 Å². The summed E-state index contributed by atoms with van der Waals surface area (Å²) in [6, 6.07) is 15.2. The lowest BCUT2D eigenvalue weighted by Gasteiger charge is -2.08. The highest BCUT2D eigenvalue weighted by Gasteiger charge is 1.98. The predicted octanol–water partition coefficient (Wildman–Crippen LogP) is 5.04. The van der Waals surface area contributed by atoms with Gasteiger partial charge in [-0.1, -0.05) is 50.3 Å². The van der Waals surface area contributed by atoms with Crippen LogP contribution in [0.15, 0.2) is 48.5 Å². The molecule has 0 bridgehead atoms. The van der Waals surface area contributed by atoms with Gasteiger partial charge in [-0.25, -0.2) is 0 Å². The molecule has 0 aliphatic heterocycles. The fraction of sp³-hybridized carbons (Fsp3) is 0.429. The van der Waals surface area contributed by atoms with Gasteiger partial charge >= 0.3 is 0 Å². The average Bonchev–Trinajstić information content (AvgIpc) is 2.61. The van der Waals surface area contributed by atoms with Crippen molar-refractivity contribution in [3.63, 3.8) is 0 Å². The smallest absolute Gasteiger partial charge is 0.142 e. The van der Waals surface area contributed by atoms with Crippen LogP contribution in [0.2, 0.25) is 0 Å². The lowest BCUT2D eigenvalue weighted by Crippen LogP contribution is -2.00. The van der Waals surface area contributed by atoms with E-state index in [2.05, 4.69) is 0 Å². The second-order valence-electron chi connectivity index (χ2n) is 6.28. The topological polar surface area (TPSA) is 70.5 Å². The number of anilines is 2. The Bertz CT molecular complexity index is 616. The third-order valence-electron chi connectivity index (χ3n) is 4.09. The molecule has 0 heterocycles. The largest absolute Gasteiger partial charge is 0.494 e. The second kappa shape index (κ2) is 11.2. The summed E-state index contributed by atoms with van der Waals surface area (Å²) in [6.07, 6.45) is 8.35. The number of ether oxygens (including phenoxy) is 2. The van der Waals surface area contributed by atoms with Gasteiger partial charge in [0.2, 0.25) is 0 Å². The molecule has 4 nitrogen and oxygen atoms in total. The lowest BCUT2D eigenvalue weighted by molar-refractivity contribution is 0.300. The Labute approximate surface area is 151 Å². The number of para-hydroxylation sites is 2. The molecule has 0 aliphatic rings. The van der Waals surface area contributed by atoms with Crippen molar-refractivity contribution in [1.29, 1.82) is 0 Å². The Hall–Kier alpha value is -2.36. The van der Waals surface area contributed by atoms with Crippen molar-refractivity contribution in [2.75, 3.05) is 24.7 Å². The summed E-state index contributed by atoms with van der Waals surface area (Å²) in [5, 5.41) is 0. The van der Waals surface area contributed by atoms with E-state index in [4.69, 9.17) is 20.9 Å². The molecule has 0 radical (unpaired) electrons. The molecule has 0 fully saturated rings. The van der Waals surface area contributed by atoms with E-state index in [0.29, 0.717) is 5.69 Å². The highest BCUT2D eigenvalue weighted by atomic mass is 16.5. The molecule has 0 amide bonds. The Balaban J connectivity index is 1.39. The highest BCUT2D eigenvalue weighted by Crippen LogP contribution is 2.20. The highest BCUT2D eigenvalue weighted by molar-refractivity contribution is 5.51. The number of nitrogens with two attached hydrogens (primary N) is 2. The van der Waals surface area contributed by atoms with E-state index in [9.17, 15) is 0 Å². The predicted molar refractivity (Wildman–Crippen MR) is 105 cm³/mol. The fourth-order valence-corrected chi connectivity index (χ4v) is 2.68. The van der Waals surface area contributed by atoms with Crippen LogP contribution in [0.4, 0.5) is 11.4 Å². The van der Waals surface area contributed by atoms with Gasteiger partial charge in [0.15, 0.2) is 0 Å². The first kappa shape index (κ1) is 19.0. The second-order valence-corrected chi connectivity index (χ2v) is 6.28. The molecule has 136 valence electrons. The van der Waals surface area contributed by atoms with Crippen molar-refractivity contribution in [1.82, 2.24) is 0 Å². The Morgan fingerprint density at radius 2 is 1.28 bits per heavy atom. The van der Waals surface area contributed by atoms with Crippen molar-refractivity contribution in [2.45, 2.75) is 44.9 Å². The van der Waals surface area contributed by atoms with Gasteiger partial charge < -0.3 is 20.9 Å². The molecule has 0 spiro atoms. The van der Waals surface area contributed by atoms with Crippen molar-refractivity contribution in [3.8, 4) is 11.5 Å². The first-order valence-corrected chi connectivity index (χ1v) is 9.21. The summed E-state index contributed by atoms with van der Waals surface area (Å²) in [7, 11) is 0. The molecule has 0 aromatic heterocycles. The summed E-state index contributed by atoms with van der Waals surface area (Å²) in [4.78, 5) is 0. The van der Waals surface area contributed by atoms with E-state index in [1.807, 2.05) is 48.5 Å².